The highest BCUT2D eigenvalue weighted by Crippen LogP contribution is 2.09. The summed E-state index contributed by atoms with van der Waals surface area (Å²) in [7, 11) is 0. The number of unbranched alkanes of at least 4 members (excludes halogenated alkanes) is 7. The van der Waals surface area contributed by atoms with E-state index in [-0.39, 0.29) is 18.7 Å². The molecule has 0 rings (SSSR count). The van der Waals surface area contributed by atoms with Crippen LogP contribution in [0.1, 0.15) is 77.6 Å². The molecule has 0 radical (unpaired) electrons. The maximum absolute atomic E-state index is 11.7. The zero-order chi connectivity index (χ0) is 16.8. The van der Waals surface area contributed by atoms with Crippen molar-refractivity contribution in [3.63, 3.8) is 0 Å². The average molecular weight is 315 g/mol. The number of carboxylic acids is 2. The standard InChI is InChI=1S/C16H29NO5/c1-2-3-4-5-6-7-8-9-10-14(18)17-13(16(21)22)11-12-15(19)20/h13H,2-12H2,1H3,(H,17,18)(H,19,20)(H,21,22)/t13-/m1/s1. The number of carbonyl (C=O) groups excluding carboxylic acids is 1. The average Bonchev–Trinajstić information content (AvgIpc) is 2.45. The molecule has 0 saturated heterocycles. The van der Waals surface area contributed by atoms with Crippen LogP contribution in [-0.4, -0.2) is 34.1 Å². The largest absolute Gasteiger partial charge is 0.481 e. The Morgan fingerprint density at radius 2 is 1.41 bits per heavy atom. The number of hydrogen-bond acceptors (Lipinski definition) is 3. The van der Waals surface area contributed by atoms with Gasteiger partial charge in [-0.15, -0.1) is 0 Å². The fourth-order valence-electron chi connectivity index (χ4n) is 2.21. The Morgan fingerprint density at radius 3 is 1.91 bits per heavy atom. The number of aliphatic carboxylic acids is 2. The predicted octanol–water partition coefficient (Wildman–Crippen LogP) is 2.95. The van der Waals surface area contributed by atoms with E-state index in [9.17, 15) is 14.4 Å². The summed E-state index contributed by atoms with van der Waals surface area (Å²) in [6.45, 7) is 2.18. The zero-order valence-corrected chi connectivity index (χ0v) is 13.5. The summed E-state index contributed by atoms with van der Waals surface area (Å²) in [4.78, 5) is 33.0. The quantitative estimate of drug-likeness (QED) is 0.428. The summed E-state index contributed by atoms with van der Waals surface area (Å²) >= 11 is 0. The van der Waals surface area contributed by atoms with Crippen molar-refractivity contribution >= 4 is 17.8 Å². The molecule has 0 aliphatic heterocycles. The van der Waals surface area contributed by atoms with E-state index >= 15 is 0 Å². The van der Waals surface area contributed by atoms with Crippen LogP contribution in [0, 0.1) is 0 Å². The van der Waals surface area contributed by atoms with Crippen LogP contribution in [0.3, 0.4) is 0 Å². The van der Waals surface area contributed by atoms with E-state index < -0.39 is 18.0 Å². The highest BCUT2D eigenvalue weighted by Gasteiger charge is 2.20. The fraction of sp³-hybridized carbons (Fsp3) is 0.812. The van der Waals surface area contributed by atoms with Crippen LogP contribution in [0.25, 0.3) is 0 Å². The molecule has 1 amide bonds. The van der Waals surface area contributed by atoms with Gasteiger partial charge in [-0.05, 0) is 12.8 Å². The van der Waals surface area contributed by atoms with Crippen LogP contribution < -0.4 is 5.32 Å². The van der Waals surface area contributed by atoms with Gasteiger partial charge in [-0.25, -0.2) is 4.79 Å². The SMILES string of the molecule is CCCCCCCCCCC(=O)N[C@H](CCC(=O)O)C(=O)O. The highest BCUT2D eigenvalue weighted by atomic mass is 16.4. The lowest BCUT2D eigenvalue weighted by Gasteiger charge is -2.13. The molecule has 0 spiro atoms. The van der Waals surface area contributed by atoms with Crippen molar-refractivity contribution in [1.29, 1.82) is 0 Å². The molecule has 6 heteroatoms. The number of amides is 1. The van der Waals surface area contributed by atoms with Gasteiger partial charge in [0.2, 0.25) is 5.91 Å². The second-order valence-corrected chi connectivity index (χ2v) is 5.62. The lowest BCUT2D eigenvalue weighted by molar-refractivity contribution is -0.143. The van der Waals surface area contributed by atoms with Gasteiger partial charge in [0.05, 0.1) is 0 Å². The molecule has 0 fully saturated rings. The van der Waals surface area contributed by atoms with Crippen LogP contribution in [-0.2, 0) is 14.4 Å². The van der Waals surface area contributed by atoms with Crippen molar-refractivity contribution in [1.82, 2.24) is 5.32 Å². The van der Waals surface area contributed by atoms with E-state index in [1.165, 1.54) is 32.1 Å². The Kier molecular flexibility index (Phi) is 12.2. The zero-order valence-electron chi connectivity index (χ0n) is 13.5. The number of nitrogens with one attached hydrogen (secondary N) is 1. The van der Waals surface area contributed by atoms with Crippen molar-refractivity contribution in [2.24, 2.45) is 0 Å². The minimum Gasteiger partial charge on any atom is -0.481 e. The van der Waals surface area contributed by atoms with E-state index in [0.29, 0.717) is 6.42 Å². The second kappa shape index (κ2) is 13.1. The lowest BCUT2D eigenvalue weighted by atomic mass is 10.1. The second-order valence-electron chi connectivity index (χ2n) is 5.62. The Bertz CT molecular complexity index is 343. The first-order chi connectivity index (χ1) is 10.5. The molecule has 6 nitrogen and oxygen atoms in total. The van der Waals surface area contributed by atoms with E-state index in [4.69, 9.17) is 10.2 Å². The predicted molar refractivity (Wildman–Crippen MR) is 83.7 cm³/mol. The number of carbonyl (C=O) groups is 3. The molecule has 0 bridgehead atoms. The molecule has 22 heavy (non-hydrogen) atoms. The van der Waals surface area contributed by atoms with Crippen LogP contribution in [0.5, 0.6) is 0 Å². The van der Waals surface area contributed by atoms with Crippen molar-refractivity contribution in [2.75, 3.05) is 0 Å². The molecule has 1 atom stereocenters. The molecule has 0 saturated carbocycles. The molecule has 0 unspecified atom stereocenters. The van der Waals surface area contributed by atoms with Gasteiger partial charge in [0.1, 0.15) is 6.04 Å². The van der Waals surface area contributed by atoms with Gasteiger partial charge in [-0.1, -0.05) is 51.9 Å². The van der Waals surface area contributed by atoms with Gasteiger partial charge in [-0.2, -0.15) is 0 Å². The van der Waals surface area contributed by atoms with Crippen molar-refractivity contribution in [3.8, 4) is 0 Å². The smallest absolute Gasteiger partial charge is 0.326 e. The molecule has 0 heterocycles. The van der Waals surface area contributed by atoms with E-state index in [0.717, 1.165) is 19.3 Å². The van der Waals surface area contributed by atoms with E-state index in [2.05, 4.69) is 12.2 Å². The summed E-state index contributed by atoms with van der Waals surface area (Å²) in [6, 6.07) is -1.11. The number of hydrogen-bond donors (Lipinski definition) is 3. The van der Waals surface area contributed by atoms with Crippen LogP contribution in [0.15, 0.2) is 0 Å². The first-order valence-electron chi connectivity index (χ1n) is 8.21. The topological polar surface area (TPSA) is 104 Å². The third kappa shape index (κ3) is 12.2. The summed E-state index contributed by atoms with van der Waals surface area (Å²) in [5, 5.41) is 19.9. The van der Waals surface area contributed by atoms with Gasteiger partial charge in [-0.3, -0.25) is 9.59 Å². The molecular formula is C16H29NO5. The normalized spacial score (nSPS) is 11.9. The summed E-state index contributed by atoms with van der Waals surface area (Å²) in [5.74, 6) is -2.57. The van der Waals surface area contributed by atoms with Crippen LogP contribution in [0.4, 0.5) is 0 Å². The van der Waals surface area contributed by atoms with Gasteiger partial charge >= 0.3 is 11.9 Å². The minimum absolute atomic E-state index is 0.0894. The Balaban J connectivity index is 3.72. The summed E-state index contributed by atoms with van der Waals surface area (Å²) in [6.07, 6.45) is 8.92. The first kappa shape index (κ1) is 20.4. The highest BCUT2D eigenvalue weighted by molar-refractivity contribution is 5.83. The summed E-state index contributed by atoms with van der Waals surface area (Å²) in [5.41, 5.74) is 0. The molecule has 3 N–H and O–H groups in total. The van der Waals surface area contributed by atoms with Gasteiger partial charge in [0.15, 0.2) is 0 Å². The first-order valence-corrected chi connectivity index (χ1v) is 8.21. The van der Waals surface area contributed by atoms with Gasteiger partial charge in [0.25, 0.3) is 0 Å². The maximum Gasteiger partial charge on any atom is 0.326 e. The molecule has 0 aliphatic rings. The van der Waals surface area contributed by atoms with Crippen molar-refractivity contribution < 1.29 is 24.6 Å². The van der Waals surface area contributed by atoms with Crippen LogP contribution in [0.2, 0.25) is 0 Å². The maximum atomic E-state index is 11.7. The summed E-state index contributed by atoms with van der Waals surface area (Å²) < 4.78 is 0. The monoisotopic (exact) mass is 315 g/mol. The van der Waals surface area contributed by atoms with E-state index in [1.54, 1.807) is 0 Å². The molecule has 0 aromatic rings. The minimum atomic E-state index is -1.19. The van der Waals surface area contributed by atoms with Crippen LogP contribution >= 0.6 is 0 Å². The molecule has 128 valence electrons. The Hall–Kier alpha value is -1.59. The number of rotatable bonds is 14. The molecule has 0 aromatic heterocycles. The Labute approximate surface area is 132 Å². The van der Waals surface area contributed by atoms with Crippen molar-refractivity contribution in [2.45, 2.75) is 83.6 Å². The fourth-order valence-corrected chi connectivity index (χ4v) is 2.21. The van der Waals surface area contributed by atoms with Gasteiger partial charge in [0, 0.05) is 12.8 Å². The third-order valence-electron chi connectivity index (χ3n) is 3.54. The van der Waals surface area contributed by atoms with Crippen molar-refractivity contribution in [3.05, 3.63) is 0 Å². The van der Waals surface area contributed by atoms with E-state index in [1.807, 2.05) is 0 Å². The Morgan fingerprint density at radius 1 is 0.864 bits per heavy atom. The molecular weight excluding hydrogens is 286 g/mol. The third-order valence-corrected chi connectivity index (χ3v) is 3.54. The lowest BCUT2D eigenvalue weighted by Crippen LogP contribution is -2.41. The molecule has 0 aromatic carbocycles. The number of carboxylic acid groups (broad SMARTS) is 2. The molecule has 0 aliphatic carbocycles. The van der Waals surface area contributed by atoms with Gasteiger partial charge < -0.3 is 15.5 Å².